The summed E-state index contributed by atoms with van der Waals surface area (Å²) in [7, 11) is 0. The first kappa shape index (κ1) is 11.1. The molecule has 0 saturated carbocycles. The average Bonchev–Trinajstić information content (AvgIpc) is 2.18. The fraction of sp³-hybridized carbons (Fsp3) is 0. The molecule has 0 atom stereocenters. The predicted octanol–water partition coefficient (Wildman–Crippen LogP) is -0.668. The third-order valence-electron chi connectivity index (χ3n) is 1.76. The minimum absolute atomic E-state index is 0. The van der Waals surface area contributed by atoms with E-state index in [-0.39, 0.29) is 29.6 Å². The quantitative estimate of drug-likeness (QED) is 0.394. The molecule has 1 N–H and O–H groups in total. The van der Waals surface area contributed by atoms with Crippen molar-refractivity contribution in [3.8, 4) is 0 Å². The molecule has 0 amide bonds. The van der Waals surface area contributed by atoms with E-state index in [2.05, 4.69) is 15.7 Å². The first-order valence-corrected chi connectivity index (χ1v) is 3.84. The van der Waals surface area contributed by atoms with Crippen molar-refractivity contribution in [2.24, 2.45) is 5.29 Å². The molecule has 1 aromatic carbocycles. The van der Waals surface area contributed by atoms with Crippen LogP contribution in [0.1, 0.15) is 0 Å². The number of aromatic nitrogens is 1. The molecule has 0 bridgehead atoms. The minimum atomic E-state index is 0. The maximum absolute atomic E-state index is 9.91. The topological polar surface area (TPSA) is 54.4 Å². The molecular weight excluding hydrogens is 189 g/mol. The Morgan fingerprint density at radius 3 is 2.71 bits per heavy atom. The number of nitroso groups, excluding NO2 is 1. The predicted molar refractivity (Wildman–Crippen MR) is 51.2 cm³/mol. The fourth-order valence-electron chi connectivity index (χ4n) is 1.18. The van der Waals surface area contributed by atoms with Gasteiger partial charge in [-0.15, -0.1) is 4.91 Å². The normalized spacial score (nSPS) is 9.14. The molecule has 0 radical (unpaired) electrons. The van der Waals surface area contributed by atoms with E-state index >= 15 is 0 Å². The number of pyridine rings is 1. The van der Waals surface area contributed by atoms with Crippen molar-refractivity contribution in [2.45, 2.75) is 0 Å². The summed E-state index contributed by atoms with van der Waals surface area (Å²) in [6.07, 6.45) is 0. The van der Waals surface area contributed by atoms with Gasteiger partial charge >= 0.3 is 29.6 Å². The van der Waals surface area contributed by atoms with Gasteiger partial charge in [-0.05, 0) is 18.2 Å². The van der Waals surface area contributed by atoms with Gasteiger partial charge < -0.3 is 0 Å². The van der Waals surface area contributed by atoms with Crippen LogP contribution in [0.2, 0.25) is 0 Å². The summed E-state index contributed by atoms with van der Waals surface area (Å²) in [6.45, 7) is 0. The maximum Gasteiger partial charge on any atom is 1.00 e. The largest absolute Gasteiger partial charge is 1.00 e. The van der Waals surface area contributed by atoms with Crippen molar-refractivity contribution < 1.29 is 29.6 Å². The Bertz CT molecular complexity index is 447. The molecule has 5 heteroatoms. The summed E-state index contributed by atoms with van der Waals surface area (Å²) in [5.41, 5.74) is 3.10. The zero-order valence-electron chi connectivity index (χ0n) is 7.77. The van der Waals surface area contributed by atoms with Crippen molar-refractivity contribution in [3.63, 3.8) is 0 Å². The van der Waals surface area contributed by atoms with Crippen LogP contribution in [0.4, 0.5) is 5.82 Å². The number of rotatable bonds is 2. The van der Waals surface area contributed by atoms with Crippen LogP contribution in [0.15, 0.2) is 41.7 Å². The van der Waals surface area contributed by atoms with Gasteiger partial charge in [-0.3, -0.25) is 0 Å². The van der Waals surface area contributed by atoms with Gasteiger partial charge in [0.05, 0.1) is 10.8 Å². The van der Waals surface area contributed by atoms with Gasteiger partial charge in [0, 0.05) is 5.39 Å². The zero-order chi connectivity index (χ0) is 9.10. The molecule has 1 heterocycles. The van der Waals surface area contributed by atoms with Gasteiger partial charge in [0.1, 0.15) is 5.82 Å². The summed E-state index contributed by atoms with van der Waals surface area (Å²) in [5.74, 6) is 0.466. The Morgan fingerprint density at radius 2 is 1.93 bits per heavy atom. The molecule has 0 aliphatic carbocycles. The van der Waals surface area contributed by atoms with E-state index in [1.807, 2.05) is 30.3 Å². The van der Waals surface area contributed by atoms with Gasteiger partial charge in [-0.2, -0.15) is 0 Å². The number of fused-ring (bicyclic) bond motifs is 1. The number of para-hydroxylation sites is 1. The van der Waals surface area contributed by atoms with Crippen LogP contribution in [0.25, 0.3) is 10.9 Å². The molecule has 0 spiro atoms. The summed E-state index contributed by atoms with van der Waals surface area (Å²) in [5, 5.41) is 3.59. The number of hydrogen-bond acceptors (Lipinski definition) is 3. The second-order valence-electron chi connectivity index (χ2n) is 2.59. The van der Waals surface area contributed by atoms with E-state index in [4.69, 9.17) is 0 Å². The Labute approximate surface area is 103 Å². The second kappa shape index (κ2) is 5.05. The summed E-state index contributed by atoms with van der Waals surface area (Å²) < 4.78 is 0. The van der Waals surface area contributed by atoms with Crippen LogP contribution in [0, 0.1) is 4.91 Å². The van der Waals surface area contributed by atoms with Crippen molar-refractivity contribution in [2.75, 3.05) is 5.43 Å². The number of anilines is 1. The van der Waals surface area contributed by atoms with E-state index in [9.17, 15) is 4.91 Å². The molecule has 4 nitrogen and oxygen atoms in total. The number of benzene rings is 1. The van der Waals surface area contributed by atoms with Crippen LogP contribution < -0.4 is 35.0 Å². The van der Waals surface area contributed by atoms with Gasteiger partial charge in [-0.1, -0.05) is 18.2 Å². The van der Waals surface area contributed by atoms with Gasteiger partial charge in [0.2, 0.25) is 0 Å². The molecule has 0 fully saturated rings. The van der Waals surface area contributed by atoms with Gasteiger partial charge in [0.25, 0.3) is 0 Å². The first-order chi connectivity index (χ1) is 6.40. The molecule has 2 aromatic rings. The molecule has 0 saturated heterocycles. The van der Waals surface area contributed by atoms with Crippen LogP contribution in [-0.2, 0) is 0 Å². The van der Waals surface area contributed by atoms with Crippen molar-refractivity contribution in [3.05, 3.63) is 41.3 Å². The third-order valence-corrected chi connectivity index (χ3v) is 1.76. The summed E-state index contributed by atoms with van der Waals surface area (Å²) >= 11 is 0. The van der Waals surface area contributed by atoms with E-state index < -0.39 is 0 Å². The monoisotopic (exact) mass is 196 g/mol. The number of nitrogens with zero attached hydrogens (tertiary/aromatic N) is 2. The fourth-order valence-corrected chi connectivity index (χ4v) is 1.18. The van der Waals surface area contributed by atoms with E-state index in [1.165, 1.54) is 0 Å². The summed E-state index contributed by atoms with van der Waals surface area (Å²) in [4.78, 5) is 14.1. The van der Waals surface area contributed by atoms with Crippen molar-refractivity contribution in [1.82, 2.24) is 4.98 Å². The molecule has 0 unspecified atom stereocenters. The third kappa shape index (κ3) is 2.29. The SMILES string of the molecule is O=NNc1ccc2ccccc2n1.[Na+]. The zero-order valence-corrected chi connectivity index (χ0v) is 9.77. The van der Waals surface area contributed by atoms with Gasteiger partial charge in [0.15, 0.2) is 0 Å². The van der Waals surface area contributed by atoms with Crippen molar-refractivity contribution >= 4 is 16.7 Å². The van der Waals surface area contributed by atoms with Crippen LogP contribution in [0.3, 0.4) is 0 Å². The maximum atomic E-state index is 9.91. The minimum Gasteiger partial charge on any atom is -0.229 e. The molecule has 14 heavy (non-hydrogen) atoms. The second-order valence-corrected chi connectivity index (χ2v) is 2.59. The molecule has 0 aliphatic heterocycles. The number of nitrogens with one attached hydrogen (secondary N) is 1. The average molecular weight is 196 g/mol. The molecule has 0 aliphatic rings. The Balaban J connectivity index is 0.000000980. The Morgan fingerprint density at radius 1 is 1.14 bits per heavy atom. The molecule has 1 aromatic heterocycles. The van der Waals surface area contributed by atoms with Gasteiger partial charge in [-0.25, -0.2) is 10.4 Å². The number of hydrogen-bond donors (Lipinski definition) is 1. The Kier molecular flexibility index (Phi) is 4.00. The first-order valence-electron chi connectivity index (χ1n) is 3.84. The van der Waals surface area contributed by atoms with Crippen molar-refractivity contribution in [1.29, 1.82) is 0 Å². The standard InChI is InChI=1S/C9H7N3O.Na/c13-12-11-9-6-5-7-3-1-2-4-8(7)10-9;/h1-6H,(H,10,11,13);/q;+1. The Hall–Kier alpha value is -0.970. The van der Waals surface area contributed by atoms with E-state index in [0.717, 1.165) is 10.9 Å². The molecule has 2 rings (SSSR count). The molecular formula is C9H7N3NaO+. The van der Waals surface area contributed by atoms with Crippen LogP contribution in [0.5, 0.6) is 0 Å². The van der Waals surface area contributed by atoms with E-state index in [0.29, 0.717) is 5.82 Å². The molecule has 64 valence electrons. The van der Waals surface area contributed by atoms with Crippen LogP contribution >= 0.6 is 0 Å². The smallest absolute Gasteiger partial charge is 0.229 e. The summed E-state index contributed by atoms with van der Waals surface area (Å²) in [6, 6.07) is 11.3. The van der Waals surface area contributed by atoms with Crippen LogP contribution in [-0.4, -0.2) is 4.98 Å². The van der Waals surface area contributed by atoms with E-state index in [1.54, 1.807) is 6.07 Å².